The number of pyridine rings is 3. The summed E-state index contributed by atoms with van der Waals surface area (Å²) >= 11 is 0. The van der Waals surface area contributed by atoms with Gasteiger partial charge in [0.1, 0.15) is 0 Å². The van der Waals surface area contributed by atoms with E-state index < -0.39 is 8.07 Å². The van der Waals surface area contributed by atoms with Crippen molar-refractivity contribution in [3.8, 4) is 33.6 Å². The molecule has 2 unspecified atom stereocenters. The van der Waals surface area contributed by atoms with E-state index in [0.717, 1.165) is 30.9 Å². The molecular formula is C45H51N3Si+2. The Hall–Kier alpha value is -4.15. The molecular weight excluding hydrogens is 611 g/mol. The van der Waals surface area contributed by atoms with Gasteiger partial charge < -0.3 is 0 Å². The van der Waals surface area contributed by atoms with Crippen LogP contribution in [0.1, 0.15) is 79.2 Å². The summed E-state index contributed by atoms with van der Waals surface area (Å²) in [6.07, 6.45) is 20.2. The third-order valence-corrected chi connectivity index (χ3v) is 13.8. The van der Waals surface area contributed by atoms with Crippen molar-refractivity contribution in [1.82, 2.24) is 4.98 Å². The van der Waals surface area contributed by atoms with E-state index in [1.54, 1.807) is 10.8 Å². The molecule has 3 nitrogen and oxygen atoms in total. The molecule has 3 aromatic heterocycles. The second kappa shape index (κ2) is 12.9. The highest BCUT2D eigenvalue weighted by Crippen LogP contribution is 2.44. The van der Waals surface area contributed by atoms with Crippen LogP contribution in [-0.4, -0.2) is 13.1 Å². The van der Waals surface area contributed by atoms with Gasteiger partial charge in [0, 0.05) is 46.8 Å². The molecule has 4 heteroatoms. The summed E-state index contributed by atoms with van der Waals surface area (Å²) in [5.41, 5.74) is 14.6. The fourth-order valence-corrected chi connectivity index (χ4v) is 10.9. The molecule has 3 aliphatic rings. The van der Waals surface area contributed by atoms with E-state index in [4.69, 9.17) is 6.58 Å². The summed E-state index contributed by atoms with van der Waals surface area (Å²) in [5, 5.41) is 1.65. The van der Waals surface area contributed by atoms with Crippen molar-refractivity contribution in [3.63, 3.8) is 0 Å². The molecule has 49 heavy (non-hydrogen) atoms. The predicted octanol–water partition coefficient (Wildman–Crippen LogP) is 9.78. The zero-order chi connectivity index (χ0) is 33.7. The Morgan fingerprint density at radius 1 is 0.816 bits per heavy atom. The largest absolute Gasteiger partial charge is 0.264 e. The van der Waals surface area contributed by atoms with E-state index in [0.29, 0.717) is 5.92 Å². The molecule has 0 radical (unpaired) electrons. The number of hydrogen-bond donors (Lipinski definition) is 0. The molecule has 1 saturated carbocycles. The quantitative estimate of drug-likeness (QED) is 0.139. The van der Waals surface area contributed by atoms with Crippen molar-refractivity contribution in [2.24, 2.45) is 5.92 Å². The molecule has 1 fully saturated rings. The van der Waals surface area contributed by atoms with Gasteiger partial charge in [0.2, 0.25) is 11.4 Å². The van der Waals surface area contributed by atoms with Gasteiger partial charge >= 0.3 is 0 Å². The van der Waals surface area contributed by atoms with E-state index in [2.05, 4.69) is 132 Å². The Kier molecular flexibility index (Phi) is 8.48. The van der Waals surface area contributed by atoms with E-state index in [1.807, 2.05) is 6.20 Å². The Morgan fingerprint density at radius 3 is 2.39 bits per heavy atom. The summed E-state index contributed by atoms with van der Waals surface area (Å²) in [7, 11) is -1.64. The minimum absolute atomic E-state index is 0.281. The normalized spacial score (nSPS) is 19.2. The van der Waals surface area contributed by atoms with Crippen LogP contribution in [0.5, 0.6) is 0 Å². The molecule has 0 N–H and O–H groups in total. The fraction of sp³-hybridized carbons (Fsp3) is 0.356. The maximum atomic E-state index is 4.87. The summed E-state index contributed by atoms with van der Waals surface area (Å²) < 4.78 is 5.12. The van der Waals surface area contributed by atoms with Crippen LogP contribution in [0, 0.1) is 12.8 Å². The average Bonchev–Trinajstić information content (AvgIpc) is 3.11. The second-order valence-electron chi connectivity index (χ2n) is 16.1. The van der Waals surface area contributed by atoms with Gasteiger partial charge in [-0.2, -0.15) is 9.13 Å². The monoisotopic (exact) mass is 661 g/mol. The smallest absolute Gasteiger partial charge is 0.219 e. The fourth-order valence-electron chi connectivity index (χ4n) is 9.27. The molecule has 0 saturated heterocycles. The lowest BCUT2D eigenvalue weighted by molar-refractivity contribution is -0.719. The first kappa shape index (κ1) is 32.1. The van der Waals surface area contributed by atoms with Gasteiger partial charge in [0.25, 0.3) is 0 Å². The van der Waals surface area contributed by atoms with Gasteiger partial charge in [-0.15, -0.1) is 0 Å². The highest BCUT2D eigenvalue weighted by molar-refractivity contribution is 6.89. The van der Waals surface area contributed by atoms with Crippen LogP contribution >= 0.6 is 0 Å². The molecule has 5 aromatic rings. The minimum atomic E-state index is -1.64. The van der Waals surface area contributed by atoms with Crippen LogP contribution in [0.15, 0.2) is 104 Å². The first-order valence-corrected chi connectivity index (χ1v) is 22.2. The Balaban J connectivity index is 1.30. The van der Waals surface area contributed by atoms with E-state index in [9.17, 15) is 0 Å². The number of benzene rings is 2. The van der Waals surface area contributed by atoms with E-state index >= 15 is 0 Å². The van der Waals surface area contributed by atoms with Crippen molar-refractivity contribution < 1.29 is 9.13 Å². The molecule has 0 spiro atoms. The molecule has 2 aliphatic heterocycles. The number of nitrogens with zero attached hydrogens (tertiary/aromatic N) is 3. The van der Waals surface area contributed by atoms with Gasteiger partial charge in [-0.05, 0) is 78.6 Å². The van der Waals surface area contributed by atoms with Crippen LogP contribution in [0.3, 0.4) is 0 Å². The third kappa shape index (κ3) is 6.03. The van der Waals surface area contributed by atoms with Crippen LogP contribution in [0.4, 0.5) is 0 Å². The molecule has 5 heterocycles. The molecule has 2 atom stereocenters. The number of rotatable bonds is 4. The maximum absolute atomic E-state index is 4.87. The van der Waals surface area contributed by atoms with Crippen molar-refractivity contribution in [1.29, 1.82) is 0 Å². The third-order valence-electron chi connectivity index (χ3n) is 11.8. The lowest BCUT2D eigenvalue weighted by atomic mass is 9.77. The topological polar surface area (TPSA) is 20.6 Å². The van der Waals surface area contributed by atoms with Gasteiger partial charge in [-0.3, -0.25) is 4.98 Å². The Bertz CT molecular complexity index is 2030. The van der Waals surface area contributed by atoms with Gasteiger partial charge in [-0.25, -0.2) is 0 Å². The number of aryl methyl sites for hydroxylation is 2. The minimum Gasteiger partial charge on any atom is -0.264 e. The molecule has 0 amide bonds. The highest BCUT2D eigenvalue weighted by Gasteiger charge is 2.44. The van der Waals surface area contributed by atoms with E-state index in [1.165, 1.54) is 88.9 Å². The van der Waals surface area contributed by atoms with Crippen molar-refractivity contribution >= 4 is 19.0 Å². The predicted molar refractivity (Wildman–Crippen MR) is 205 cm³/mol. The standard InChI is InChI=1S/C45H51N3Si/c1-31-29-47-32(2)24-42-40(21-20-35-28-46-23-22-37(35)44(47)27-41(31)34-16-10-7-11-17-34)38-18-12-13-19-39(38)43-26-36(25-33-14-8-6-9-15-33)45(30-48(42)43)49(3,4)5/h7,10-13,16-19,22-23,26-30,33,40,42H,2,6,8-9,14-15,20-21,24-25H2,1,3-5H3/q+2. The SMILES string of the molecule is C=C1CC2C(CCc3cnccc3-c3cc(-c4ccccc4)c(C)c[n+]31)c1ccccc1-c1cc(CC3CCCCC3)c([Si](C)(C)C)c[n+]12. The number of aromatic nitrogens is 3. The van der Waals surface area contributed by atoms with Crippen LogP contribution < -0.4 is 14.3 Å². The zero-order valence-corrected chi connectivity index (χ0v) is 30.9. The molecule has 0 bridgehead atoms. The molecule has 2 aromatic carbocycles. The van der Waals surface area contributed by atoms with Crippen LogP contribution in [-0.2, 0) is 12.8 Å². The van der Waals surface area contributed by atoms with Crippen LogP contribution in [0.2, 0.25) is 19.6 Å². The summed E-state index contributed by atoms with van der Waals surface area (Å²) in [6.45, 7) is 14.8. The first-order chi connectivity index (χ1) is 23.8. The molecule has 8 rings (SSSR count). The van der Waals surface area contributed by atoms with Crippen molar-refractivity contribution in [2.45, 2.75) is 96.3 Å². The maximum Gasteiger partial charge on any atom is 0.219 e. The number of allylic oxidation sites excluding steroid dienone is 1. The van der Waals surface area contributed by atoms with Crippen molar-refractivity contribution in [2.75, 3.05) is 0 Å². The molecule has 248 valence electrons. The Labute approximate surface area is 294 Å². The van der Waals surface area contributed by atoms with E-state index in [-0.39, 0.29) is 6.04 Å². The summed E-state index contributed by atoms with van der Waals surface area (Å²) in [4.78, 5) is 4.66. The lowest BCUT2D eigenvalue weighted by Crippen LogP contribution is -2.54. The van der Waals surface area contributed by atoms with Gasteiger partial charge in [-0.1, -0.05) is 100 Å². The van der Waals surface area contributed by atoms with Crippen molar-refractivity contribution in [3.05, 3.63) is 126 Å². The number of fused-ring (bicyclic) bond motifs is 9. The zero-order valence-electron chi connectivity index (χ0n) is 29.9. The lowest BCUT2D eigenvalue weighted by Gasteiger charge is -2.33. The average molecular weight is 662 g/mol. The summed E-state index contributed by atoms with van der Waals surface area (Å²) in [5.74, 6) is 1.20. The highest BCUT2D eigenvalue weighted by atomic mass is 28.3. The van der Waals surface area contributed by atoms with Crippen LogP contribution in [0.25, 0.3) is 39.3 Å². The van der Waals surface area contributed by atoms with Gasteiger partial charge in [0.05, 0.1) is 20.1 Å². The van der Waals surface area contributed by atoms with Gasteiger partial charge in [0.15, 0.2) is 24.1 Å². The Morgan fingerprint density at radius 2 is 1.59 bits per heavy atom. The first-order valence-electron chi connectivity index (χ1n) is 18.7. The second-order valence-corrected chi connectivity index (χ2v) is 21.1. The molecule has 1 aliphatic carbocycles. The summed E-state index contributed by atoms with van der Waals surface area (Å²) in [6, 6.07) is 27.6. The number of hydrogen-bond acceptors (Lipinski definition) is 1.